The number of nitrogens with zero attached hydrogens (tertiary/aromatic N) is 1. The summed E-state index contributed by atoms with van der Waals surface area (Å²) < 4.78 is 27.2. The Morgan fingerprint density at radius 1 is 1.24 bits per heavy atom. The summed E-state index contributed by atoms with van der Waals surface area (Å²) in [5.74, 6) is 0. The van der Waals surface area contributed by atoms with Crippen LogP contribution in [0.1, 0.15) is 38.3 Å². The summed E-state index contributed by atoms with van der Waals surface area (Å²) >= 11 is 0. The van der Waals surface area contributed by atoms with Crippen LogP contribution in [0.15, 0.2) is 23.1 Å². The van der Waals surface area contributed by atoms with E-state index in [2.05, 4.69) is 20.8 Å². The Kier molecular flexibility index (Phi) is 4.76. The van der Waals surface area contributed by atoms with Gasteiger partial charge in [-0.1, -0.05) is 26.8 Å². The van der Waals surface area contributed by atoms with Crippen molar-refractivity contribution >= 4 is 10.0 Å². The van der Waals surface area contributed by atoms with Gasteiger partial charge >= 0.3 is 0 Å². The van der Waals surface area contributed by atoms with Gasteiger partial charge in [-0.15, -0.1) is 0 Å². The lowest BCUT2D eigenvalue weighted by Crippen LogP contribution is -2.34. The van der Waals surface area contributed by atoms with Crippen LogP contribution in [0.2, 0.25) is 0 Å². The smallest absolute Gasteiger partial charge is 0.243 e. The Morgan fingerprint density at radius 3 is 2.43 bits per heavy atom. The maximum Gasteiger partial charge on any atom is 0.243 e. The van der Waals surface area contributed by atoms with E-state index in [1.54, 1.807) is 10.4 Å². The number of hydrogen-bond acceptors (Lipinski definition) is 3. The molecular formula is C16H26N2O2S. The first-order valence-electron chi connectivity index (χ1n) is 7.68. The third-order valence-corrected chi connectivity index (χ3v) is 6.43. The van der Waals surface area contributed by atoms with Gasteiger partial charge in [0.15, 0.2) is 0 Å². The maximum atomic E-state index is 12.8. The van der Waals surface area contributed by atoms with Crippen LogP contribution in [0.5, 0.6) is 0 Å². The van der Waals surface area contributed by atoms with Crippen molar-refractivity contribution in [2.75, 3.05) is 19.6 Å². The molecule has 1 aromatic carbocycles. The van der Waals surface area contributed by atoms with Crippen LogP contribution in [-0.2, 0) is 22.9 Å². The molecule has 2 N–H and O–H groups in total. The summed E-state index contributed by atoms with van der Waals surface area (Å²) in [6.45, 7) is 7.81. The molecule has 0 saturated carbocycles. The molecule has 1 aliphatic rings. The van der Waals surface area contributed by atoms with E-state index in [1.807, 2.05) is 12.1 Å². The first kappa shape index (κ1) is 16.5. The van der Waals surface area contributed by atoms with Gasteiger partial charge in [-0.05, 0) is 54.5 Å². The van der Waals surface area contributed by atoms with Crippen molar-refractivity contribution in [3.05, 3.63) is 29.3 Å². The largest absolute Gasteiger partial charge is 0.330 e. The lowest BCUT2D eigenvalue weighted by atomic mass is 9.90. The van der Waals surface area contributed by atoms with Crippen LogP contribution in [0.25, 0.3) is 0 Å². The Morgan fingerprint density at radius 2 is 1.90 bits per heavy atom. The lowest BCUT2D eigenvalue weighted by Gasteiger charge is -2.22. The van der Waals surface area contributed by atoms with E-state index in [4.69, 9.17) is 5.73 Å². The molecule has 4 nitrogen and oxygen atoms in total. The van der Waals surface area contributed by atoms with Crippen molar-refractivity contribution < 1.29 is 8.42 Å². The second-order valence-corrected chi connectivity index (χ2v) is 8.18. The molecule has 5 heteroatoms. The predicted molar refractivity (Wildman–Crippen MR) is 85.7 cm³/mol. The Bertz CT molecular complexity index is 613. The van der Waals surface area contributed by atoms with Gasteiger partial charge in [0, 0.05) is 13.1 Å². The minimum Gasteiger partial charge on any atom is -0.330 e. The number of aryl methyl sites for hydroxylation is 2. The molecular weight excluding hydrogens is 284 g/mol. The third-order valence-electron chi connectivity index (χ3n) is 4.59. The Balaban J connectivity index is 2.33. The van der Waals surface area contributed by atoms with E-state index in [-0.39, 0.29) is 5.41 Å². The van der Waals surface area contributed by atoms with Crippen LogP contribution in [0, 0.1) is 5.41 Å². The molecule has 1 aliphatic heterocycles. The lowest BCUT2D eigenvalue weighted by molar-refractivity contribution is 0.349. The third kappa shape index (κ3) is 3.15. The molecule has 1 unspecified atom stereocenters. The number of nitrogens with two attached hydrogens (primary N) is 1. The van der Waals surface area contributed by atoms with Crippen molar-refractivity contribution in [3.63, 3.8) is 0 Å². The predicted octanol–water partition coefficient (Wildman–Crippen LogP) is 2.17. The first-order chi connectivity index (χ1) is 9.86. The van der Waals surface area contributed by atoms with E-state index in [1.165, 1.54) is 5.56 Å². The Hall–Kier alpha value is -0.910. The molecule has 118 valence electrons. The zero-order valence-electron chi connectivity index (χ0n) is 13.2. The van der Waals surface area contributed by atoms with Crippen LogP contribution in [-0.4, -0.2) is 32.4 Å². The standard InChI is InChI=1S/C16H26N2O2S/c1-4-13-6-7-15(10-14(13)5-2)21(19,20)18-9-8-16(3,11-17)12-18/h6-7,10H,4-5,8-9,11-12,17H2,1-3H3. The van der Waals surface area contributed by atoms with Crippen LogP contribution < -0.4 is 5.73 Å². The van der Waals surface area contributed by atoms with Gasteiger partial charge in [-0.2, -0.15) is 4.31 Å². The average Bonchev–Trinajstić information content (AvgIpc) is 2.90. The molecule has 1 aromatic rings. The molecule has 0 radical (unpaired) electrons. The van der Waals surface area contributed by atoms with Gasteiger partial charge < -0.3 is 5.73 Å². The second-order valence-electron chi connectivity index (χ2n) is 6.24. The number of sulfonamides is 1. The average molecular weight is 310 g/mol. The van der Waals surface area contributed by atoms with E-state index in [0.29, 0.717) is 24.5 Å². The summed E-state index contributed by atoms with van der Waals surface area (Å²) in [7, 11) is -3.40. The van der Waals surface area contributed by atoms with Gasteiger partial charge in [0.1, 0.15) is 0 Å². The van der Waals surface area contributed by atoms with Gasteiger partial charge in [0.25, 0.3) is 0 Å². The molecule has 21 heavy (non-hydrogen) atoms. The number of benzene rings is 1. The molecule has 1 atom stereocenters. The molecule has 0 amide bonds. The van der Waals surface area contributed by atoms with Crippen molar-refractivity contribution in [1.29, 1.82) is 0 Å². The van der Waals surface area contributed by atoms with Crippen LogP contribution in [0.4, 0.5) is 0 Å². The summed E-state index contributed by atoms with van der Waals surface area (Å²) in [5, 5.41) is 0. The summed E-state index contributed by atoms with van der Waals surface area (Å²) in [6, 6.07) is 5.53. The monoisotopic (exact) mass is 310 g/mol. The molecule has 0 spiro atoms. The summed E-state index contributed by atoms with van der Waals surface area (Å²) in [5.41, 5.74) is 8.03. The highest BCUT2D eigenvalue weighted by Gasteiger charge is 2.39. The van der Waals surface area contributed by atoms with E-state index >= 15 is 0 Å². The van der Waals surface area contributed by atoms with Crippen molar-refractivity contribution in [1.82, 2.24) is 4.31 Å². The summed E-state index contributed by atoms with van der Waals surface area (Å²) in [6.07, 6.45) is 2.61. The number of rotatable bonds is 5. The van der Waals surface area contributed by atoms with E-state index < -0.39 is 10.0 Å². The minimum atomic E-state index is -3.40. The first-order valence-corrected chi connectivity index (χ1v) is 9.12. The SMILES string of the molecule is CCc1ccc(S(=O)(=O)N2CCC(C)(CN)C2)cc1CC. The van der Waals surface area contributed by atoms with E-state index in [0.717, 1.165) is 24.8 Å². The van der Waals surface area contributed by atoms with E-state index in [9.17, 15) is 8.42 Å². The molecule has 1 saturated heterocycles. The highest BCUT2D eigenvalue weighted by Crippen LogP contribution is 2.33. The molecule has 0 aromatic heterocycles. The molecule has 0 bridgehead atoms. The van der Waals surface area contributed by atoms with Crippen LogP contribution >= 0.6 is 0 Å². The van der Waals surface area contributed by atoms with Crippen LogP contribution in [0.3, 0.4) is 0 Å². The van der Waals surface area contributed by atoms with Gasteiger partial charge in [0.05, 0.1) is 4.90 Å². The fourth-order valence-electron chi connectivity index (χ4n) is 2.94. The zero-order valence-corrected chi connectivity index (χ0v) is 14.0. The zero-order chi connectivity index (χ0) is 15.7. The molecule has 1 fully saturated rings. The fraction of sp³-hybridized carbons (Fsp3) is 0.625. The van der Waals surface area contributed by atoms with Gasteiger partial charge in [-0.3, -0.25) is 0 Å². The van der Waals surface area contributed by atoms with Crippen molar-refractivity contribution in [2.24, 2.45) is 11.1 Å². The minimum absolute atomic E-state index is 0.0932. The van der Waals surface area contributed by atoms with Gasteiger partial charge in [-0.25, -0.2) is 8.42 Å². The molecule has 0 aliphatic carbocycles. The Labute approximate surface area is 128 Å². The fourth-order valence-corrected chi connectivity index (χ4v) is 4.58. The highest BCUT2D eigenvalue weighted by atomic mass is 32.2. The van der Waals surface area contributed by atoms with Crippen molar-refractivity contribution in [2.45, 2.75) is 44.9 Å². The van der Waals surface area contributed by atoms with Crippen molar-refractivity contribution in [3.8, 4) is 0 Å². The quantitative estimate of drug-likeness (QED) is 0.906. The topological polar surface area (TPSA) is 63.4 Å². The number of hydrogen-bond donors (Lipinski definition) is 1. The molecule has 2 rings (SSSR count). The van der Waals surface area contributed by atoms with Gasteiger partial charge in [0.2, 0.25) is 10.0 Å². The normalized spacial score (nSPS) is 23.6. The maximum absolute atomic E-state index is 12.8. The highest BCUT2D eigenvalue weighted by molar-refractivity contribution is 7.89. The molecule has 1 heterocycles. The second kappa shape index (κ2) is 6.07. The summed E-state index contributed by atoms with van der Waals surface area (Å²) in [4.78, 5) is 0.415.